The van der Waals surface area contributed by atoms with Crippen molar-refractivity contribution in [1.82, 2.24) is 10.3 Å². The smallest absolute Gasteiger partial charge is 0.237 e. The maximum Gasteiger partial charge on any atom is 0.237 e. The minimum absolute atomic E-state index is 0.258. The lowest BCUT2D eigenvalue weighted by Gasteiger charge is -2.11. The minimum atomic E-state index is -0.258. The van der Waals surface area contributed by atoms with E-state index in [0.29, 0.717) is 16.5 Å². The number of fused-ring (bicyclic) bond motifs is 1. The highest BCUT2D eigenvalue weighted by Crippen LogP contribution is 2.39. The van der Waals surface area contributed by atoms with Gasteiger partial charge in [0.05, 0.1) is 12.0 Å². The van der Waals surface area contributed by atoms with E-state index in [0.717, 1.165) is 28.2 Å². The molecule has 7 heteroatoms. The summed E-state index contributed by atoms with van der Waals surface area (Å²) >= 11 is 2.91. The number of aryl methyl sites for hydroxylation is 1. The van der Waals surface area contributed by atoms with Gasteiger partial charge in [0.2, 0.25) is 5.88 Å². The normalized spacial score (nSPS) is 12.4. The summed E-state index contributed by atoms with van der Waals surface area (Å²) in [5.41, 5.74) is 7.17. The second-order valence-corrected chi connectivity index (χ2v) is 9.72. The summed E-state index contributed by atoms with van der Waals surface area (Å²) < 4.78 is 22.8. The van der Waals surface area contributed by atoms with Crippen LogP contribution in [0.15, 0.2) is 72.3 Å². The van der Waals surface area contributed by atoms with Crippen LogP contribution in [0, 0.1) is 12.7 Å². The van der Waals surface area contributed by atoms with Crippen LogP contribution in [0.3, 0.4) is 0 Å². The maximum absolute atomic E-state index is 14.2. The summed E-state index contributed by atoms with van der Waals surface area (Å²) in [4.78, 5) is 7.25. The Balaban J connectivity index is 1.40. The van der Waals surface area contributed by atoms with E-state index in [1.54, 1.807) is 30.7 Å². The molecule has 2 aromatic carbocycles. The summed E-state index contributed by atoms with van der Waals surface area (Å²) in [6, 6.07) is 17.9. The number of halogens is 1. The van der Waals surface area contributed by atoms with E-state index in [-0.39, 0.29) is 5.82 Å². The molecule has 3 heterocycles. The first-order chi connectivity index (χ1) is 16.0. The van der Waals surface area contributed by atoms with Crippen LogP contribution in [0.1, 0.15) is 16.7 Å². The number of methoxy groups -OCH3 is 1. The third kappa shape index (κ3) is 4.34. The second kappa shape index (κ2) is 8.92. The average Bonchev–Trinajstić information content (AvgIpc) is 3.45. The van der Waals surface area contributed by atoms with Gasteiger partial charge in [-0.2, -0.15) is 0 Å². The Morgan fingerprint density at radius 1 is 1.09 bits per heavy atom. The second-order valence-electron chi connectivity index (χ2n) is 7.79. The maximum atomic E-state index is 14.2. The summed E-state index contributed by atoms with van der Waals surface area (Å²) in [6.07, 6.45) is 1.80. The molecule has 0 saturated carbocycles. The molecular formula is C26H22FN3OS2. The monoisotopic (exact) mass is 475 g/mol. The van der Waals surface area contributed by atoms with Crippen LogP contribution < -0.4 is 14.8 Å². The fraction of sp³-hybridized carbons (Fsp3) is 0.115. The van der Waals surface area contributed by atoms with Crippen molar-refractivity contribution >= 4 is 34.7 Å². The van der Waals surface area contributed by atoms with Gasteiger partial charge < -0.3 is 14.8 Å². The van der Waals surface area contributed by atoms with Gasteiger partial charge in [-0.3, -0.25) is 0 Å². The van der Waals surface area contributed by atoms with Gasteiger partial charge in [-0.15, -0.1) is 11.3 Å². The number of benzene rings is 2. The van der Waals surface area contributed by atoms with E-state index in [1.807, 2.05) is 19.1 Å². The van der Waals surface area contributed by atoms with Crippen molar-refractivity contribution in [2.75, 3.05) is 11.8 Å². The highest BCUT2D eigenvalue weighted by molar-refractivity contribution is 8.00. The van der Waals surface area contributed by atoms with Gasteiger partial charge in [0.25, 0.3) is 0 Å². The number of nitrogens with zero attached hydrogens (tertiary/aromatic N) is 1. The molecule has 33 heavy (non-hydrogen) atoms. The van der Waals surface area contributed by atoms with Crippen molar-refractivity contribution in [3.63, 3.8) is 0 Å². The molecule has 0 saturated heterocycles. The highest BCUT2D eigenvalue weighted by atomic mass is 32.2. The molecule has 0 atom stereocenters. The van der Waals surface area contributed by atoms with E-state index in [4.69, 9.17) is 4.74 Å². The number of ether oxygens (including phenoxy) is 1. The van der Waals surface area contributed by atoms with Crippen molar-refractivity contribution < 1.29 is 9.13 Å². The number of pyridine rings is 1. The van der Waals surface area contributed by atoms with Crippen molar-refractivity contribution in [1.29, 1.82) is 0 Å². The van der Waals surface area contributed by atoms with E-state index in [1.165, 1.54) is 39.6 Å². The molecule has 4 aromatic rings. The van der Waals surface area contributed by atoms with Crippen LogP contribution in [0.25, 0.3) is 26.6 Å². The van der Waals surface area contributed by atoms with E-state index in [9.17, 15) is 4.39 Å². The minimum Gasteiger partial charge on any atom is -0.480 e. The molecule has 0 radical (unpaired) electrons. The Kier molecular flexibility index (Phi) is 5.83. The third-order valence-corrected chi connectivity index (χ3v) is 7.56. The molecule has 0 spiro atoms. The molecule has 0 amide bonds. The van der Waals surface area contributed by atoms with Gasteiger partial charge in [0, 0.05) is 39.3 Å². The number of aromatic nitrogens is 1. The molecule has 1 aliphatic heterocycles. The van der Waals surface area contributed by atoms with Crippen molar-refractivity contribution in [2.24, 2.45) is 0 Å². The summed E-state index contributed by atoms with van der Waals surface area (Å²) in [7, 11) is 1.57. The third-order valence-electron chi connectivity index (χ3n) is 5.50. The fourth-order valence-electron chi connectivity index (χ4n) is 3.75. The molecule has 2 N–H and O–H groups in total. The number of hydrogen-bond acceptors (Lipinski definition) is 6. The largest absolute Gasteiger partial charge is 0.480 e. The van der Waals surface area contributed by atoms with Gasteiger partial charge in [0.15, 0.2) is 0 Å². The molecule has 0 fully saturated rings. The summed E-state index contributed by atoms with van der Waals surface area (Å²) in [6.45, 7) is 6.74. The first-order valence-corrected chi connectivity index (χ1v) is 12.0. The summed E-state index contributed by atoms with van der Waals surface area (Å²) in [5.74, 6) is 0.202. The van der Waals surface area contributed by atoms with Gasteiger partial charge in [-0.25, -0.2) is 9.37 Å². The quantitative estimate of drug-likeness (QED) is 0.291. The first kappa shape index (κ1) is 21.6. The average molecular weight is 476 g/mol. The number of nitrogens with one attached hydrogen (secondary N) is 2. The zero-order valence-corrected chi connectivity index (χ0v) is 19.9. The Morgan fingerprint density at radius 3 is 2.70 bits per heavy atom. The van der Waals surface area contributed by atoms with Crippen LogP contribution in [0.2, 0.25) is 0 Å². The van der Waals surface area contributed by atoms with E-state index >= 15 is 0 Å². The summed E-state index contributed by atoms with van der Waals surface area (Å²) in [5, 5.41) is 3.30. The van der Waals surface area contributed by atoms with E-state index in [2.05, 4.69) is 51.9 Å². The number of rotatable bonds is 6. The number of thiophene rings is 1. The van der Waals surface area contributed by atoms with Gasteiger partial charge in [0.1, 0.15) is 11.5 Å². The fourth-order valence-corrected chi connectivity index (χ4v) is 5.40. The van der Waals surface area contributed by atoms with Crippen LogP contribution >= 0.6 is 23.3 Å². The Bertz CT molecular complexity index is 1370. The lowest BCUT2D eigenvalue weighted by molar-refractivity contribution is 0.400. The van der Waals surface area contributed by atoms with Gasteiger partial charge in [-0.1, -0.05) is 24.8 Å². The first-order valence-electron chi connectivity index (χ1n) is 10.4. The molecule has 2 aromatic heterocycles. The van der Waals surface area contributed by atoms with Crippen LogP contribution in [-0.2, 0) is 6.54 Å². The predicted octanol–water partition coefficient (Wildman–Crippen LogP) is 7.13. The zero-order valence-electron chi connectivity index (χ0n) is 18.2. The van der Waals surface area contributed by atoms with Crippen LogP contribution in [0.4, 0.5) is 10.1 Å². The standard InChI is InChI=1S/C26H22FN3OS2/c1-15-4-7-25(21(27)10-15)33-30-22-12-19(14-29-26(22)31-3)24-9-8-23(32-24)17-5-6-20-16(2)28-13-18(20)11-17/h4-12,14,28,30H,2,13H2,1,3H3. The number of anilines is 1. The van der Waals surface area contributed by atoms with Gasteiger partial charge >= 0.3 is 0 Å². The lowest BCUT2D eigenvalue weighted by Crippen LogP contribution is -1.98. The van der Waals surface area contributed by atoms with Crippen molar-refractivity contribution in [2.45, 2.75) is 18.4 Å². The van der Waals surface area contributed by atoms with Crippen LogP contribution in [-0.4, -0.2) is 12.1 Å². The Labute approximate surface area is 200 Å². The van der Waals surface area contributed by atoms with E-state index < -0.39 is 0 Å². The molecule has 0 unspecified atom stereocenters. The van der Waals surface area contributed by atoms with Crippen molar-refractivity contribution in [3.05, 3.63) is 89.9 Å². The van der Waals surface area contributed by atoms with Crippen LogP contribution in [0.5, 0.6) is 5.88 Å². The molecule has 0 bridgehead atoms. The zero-order chi connectivity index (χ0) is 22.9. The van der Waals surface area contributed by atoms with Crippen molar-refractivity contribution in [3.8, 4) is 26.8 Å². The molecule has 1 aliphatic rings. The molecular weight excluding hydrogens is 453 g/mol. The molecule has 0 aliphatic carbocycles. The molecule has 5 rings (SSSR count). The Morgan fingerprint density at radius 2 is 1.91 bits per heavy atom. The topological polar surface area (TPSA) is 46.2 Å². The predicted molar refractivity (Wildman–Crippen MR) is 136 cm³/mol. The highest BCUT2D eigenvalue weighted by Gasteiger charge is 2.16. The molecule has 4 nitrogen and oxygen atoms in total. The van der Waals surface area contributed by atoms with Gasteiger partial charge in [-0.05, 0) is 72.0 Å². The molecule has 166 valence electrons. The Hall–Kier alpha value is -3.29. The SMILES string of the molecule is C=C1NCc2cc(-c3ccc(-c4cnc(OC)c(NSc5ccc(C)cc5F)c4)s3)ccc21. The number of hydrogen-bond donors (Lipinski definition) is 2. The lowest BCUT2D eigenvalue weighted by atomic mass is 10.0.